The highest BCUT2D eigenvalue weighted by molar-refractivity contribution is 5.48. The first kappa shape index (κ1) is 10.4. The van der Waals surface area contributed by atoms with Gasteiger partial charge in [-0.15, -0.1) is 0 Å². The van der Waals surface area contributed by atoms with Crippen LogP contribution in [0.3, 0.4) is 0 Å². The summed E-state index contributed by atoms with van der Waals surface area (Å²) in [6, 6.07) is 4.05. The molecule has 1 aliphatic rings. The van der Waals surface area contributed by atoms with Crippen molar-refractivity contribution in [1.29, 1.82) is 0 Å². The minimum Gasteiger partial charge on any atom is -0.398 e. The van der Waals surface area contributed by atoms with Gasteiger partial charge in [0, 0.05) is 23.8 Å². The predicted octanol–water partition coefficient (Wildman–Crippen LogP) is 1.48. The highest BCUT2D eigenvalue weighted by Crippen LogP contribution is 2.31. The minimum atomic E-state index is -0.733. The topological polar surface area (TPSA) is 55.5 Å². The molecule has 0 aliphatic carbocycles. The summed E-state index contributed by atoms with van der Waals surface area (Å²) in [5.41, 5.74) is 6.58. The second kappa shape index (κ2) is 4.16. The van der Waals surface area contributed by atoms with Gasteiger partial charge in [-0.25, -0.2) is 4.39 Å². The zero-order valence-electron chi connectivity index (χ0n) is 8.32. The van der Waals surface area contributed by atoms with Crippen LogP contribution in [0.2, 0.25) is 0 Å². The maximum Gasteiger partial charge on any atom is 0.123 e. The number of ether oxygens (including phenoxy) is 1. The molecule has 0 amide bonds. The molecular weight excluding hydrogens is 197 g/mol. The van der Waals surface area contributed by atoms with Crippen molar-refractivity contribution in [2.24, 2.45) is 5.92 Å². The van der Waals surface area contributed by atoms with Crippen molar-refractivity contribution in [2.45, 2.75) is 12.5 Å². The van der Waals surface area contributed by atoms with Crippen LogP contribution >= 0.6 is 0 Å². The monoisotopic (exact) mass is 211 g/mol. The number of anilines is 1. The zero-order chi connectivity index (χ0) is 10.8. The summed E-state index contributed by atoms with van der Waals surface area (Å²) in [5.74, 6) is -0.355. The number of hydrogen-bond donors (Lipinski definition) is 2. The van der Waals surface area contributed by atoms with Gasteiger partial charge in [0.15, 0.2) is 0 Å². The third kappa shape index (κ3) is 2.11. The third-order valence-electron chi connectivity index (χ3n) is 2.78. The number of aliphatic hydroxyl groups is 1. The Morgan fingerprint density at radius 2 is 2.33 bits per heavy atom. The van der Waals surface area contributed by atoms with E-state index in [9.17, 15) is 9.50 Å². The lowest BCUT2D eigenvalue weighted by Crippen LogP contribution is -2.14. The molecule has 4 heteroatoms. The smallest absolute Gasteiger partial charge is 0.123 e. The SMILES string of the molecule is Nc1ccc(F)cc1C(O)C1CCOC1. The maximum atomic E-state index is 13.0. The van der Waals surface area contributed by atoms with E-state index in [0.717, 1.165) is 6.42 Å². The molecule has 2 atom stereocenters. The standard InChI is InChI=1S/C11H14FNO2/c12-8-1-2-10(13)9(5-8)11(14)7-3-4-15-6-7/h1-2,5,7,11,14H,3-4,6,13H2. The third-order valence-corrected chi connectivity index (χ3v) is 2.78. The van der Waals surface area contributed by atoms with Crippen molar-refractivity contribution in [1.82, 2.24) is 0 Å². The van der Waals surface area contributed by atoms with Crippen molar-refractivity contribution < 1.29 is 14.2 Å². The molecule has 0 radical (unpaired) electrons. The summed E-state index contributed by atoms with van der Waals surface area (Å²) in [6.07, 6.45) is 0.0557. The lowest BCUT2D eigenvalue weighted by molar-refractivity contribution is 0.0921. The molecule has 82 valence electrons. The number of nitrogens with two attached hydrogens (primary N) is 1. The zero-order valence-corrected chi connectivity index (χ0v) is 8.32. The highest BCUT2D eigenvalue weighted by Gasteiger charge is 2.26. The largest absolute Gasteiger partial charge is 0.398 e. The molecule has 3 nitrogen and oxygen atoms in total. The van der Waals surface area contributed by atoms with Gasteiger partial charge < -0.3 is 15.6 Å². The van der Waals surface area contributed by atoms with E-state index in [1.54, 1.807) is 0 Å². The average Bonchev–Trinajstić information content (AvgIpc) is 2.74. The summed E-state index contributed by atoms with van der Waals surface area (Å²) < 4.78 is 18.2. The van der Waals surface area contributed by atoms with Crippen LogP contribution in [0.25, 0.3) is 0 Å². The maximum absolute atomic E-state index is 13.0. The van der Waals surface area contributed by atoms with Gasteiger partial charge in [-0.3, -0.25) is 0 Å². The summed E-state index contributed by atoms with van der Waals surface area (Å²) in [6.45, 7) is 1.16. The van der Waals surface area contributed by atoms with Crippen molar-refractivity contribution in [3.05, 3.63) is 29.6 Å². The van der Waals surface area contributed by atoms with Crippen LogP contribution in [0.4, 0.5) is 10.1 Å². The van der Waals surface area contributed by atoms with Crippen LogP contribution in [-0.4, -0.2) is 18.3 Å². The molecule has 2 rings (SSSR count). The lowest BCUT2D eigenvalue weighted by atomic mass is 9.94. The fourth-order valence-electron chi connectivity index (χ4n) is 1.86. The van der Waals surface area contributed by atoms with Gasteiger partial charge in [-0.2, -0.15) is 0 Å². The van der Waals surface area contributed by atoms with E-state index >= 15 is 0 Å². The quantitative estimate of drug-likeness (QED) is 0.728. The Morgan fingerprint density at radius 1 is 1.53 bits per heavy atom. The Hall–Kier alpha value is -1.13. The summed E-state index contributed by atoms with van der Waals surface area (Å²) >= 11 is 0. The summed E-state index contributed by atoms with van der Waals surface area (Å²) in [7, 11) is 0. The fourth-order valence-corrected chi connectivity index (χ4v) is 1.86. The molecule has 1 aromatic rings. The molecule has 1 fully saturated rings. The molecule has 0 spiro atoms. The molecule has 0 bridgehead atoms. The van der Waals surface area contributed by atoms with Crippen LogP contribution in [0.5, 0.6) is 0 Å². The highest BCUT2D eigenvalue weighted by atomic mass is 19.1. The van der Waals surface area contributed by atoms with Gasteiger partial charge in [0.1, 0.15) is 5.82 Å². The van der Waals surface area contributed by atoms with Crippen LogP contribution in [-0.2, 0) is 4.74 Å². The number of nitrogen functional groups attached to an aromatic ring is 1. The minimum absolute atomic E-state index is 0.0223. The first-order valence-corrected chi connectivity index (χ1v) is 4.99. The Morgan fingerprint density at radius 3 is 3.00 bits per heavy atom. The molecule has 15 heavy (non-hydrogen) atoms. The molecule has 1 heterocycles. The second-order valence-corrected chi connectivity index (χ2v) is 3.84. The van der Waals surface area contributed by atoms with E-state index in [1.165, 1.54) is 18.2 Å². The van der Waals surface area contributed by atoms with E-state index in [4.69, 9.17) is 10.5 Å². The molecule has 1 aliphatic heterocycles. The molecule has 2 unspecified atom stereocenters. The Kier molecular flexibility index (Phi) is 2.88. The number of benzene rings is 1. The predicted molar refractivity (Wildman–Crippen MR) is 54.7 cm³/mol. The van der Waals surface area contributed by atoms with Gasteiger partial charge in [0.2, 0.25) is 0 Å². The molecular formula is C11H14FNO2. The van der Waals surface area contributed by atoms with Crippen LogP contribution < -0.4 is 5.73 Å². The number of aliphatic hydroxyl groups excluding tert-OH is 1. The molecule has 1 aromatic carbocycles. The average molecular weight is 211 g/mol. The van der Waals surface area contributed by atoms with Crippen LogP contribution in [0.1, 0.15) is 18.1 Å². The summed E-state index contributed by atoms with van der Waals surface area (Å²) in [5, 5.41) is 10.00. The van der Waals surface area contributed by atoms with Crippen LogP contribution in [0, 0.1) is 11.7 Å². The number of halogens is 1. The molecule has 3 N–H and O–H groups in total. The Balaban J connectivity index is 2.23. The second-order valence-electron chi connectivity index (χ2n) is 3.84. The van der Waals surface area contributed by atoms with Crippen LogP contribution in [0.15, 0.2) is 18.2 Å². The van der Waals surface area contributed by atoms with Crippen molar-refractivity contribution in [3.8, 4) is 0 Å². The van der Waals surface area contributed by atoms with Crippen molar-refractivity contribution in [3.63, 3.8) is 0 Å². The lowest BCUT2D eigenvalue weighted by Gasteiger charge is -2.18. The van der Waals surface area contributed by atoms with E-state index < -0.39 is 6.10 Å². The fraction of sp³-hybridized carbons (Fsp3) is 0.455. The number of rotatable bonds is 2. The molecule has 1 saturated heterocycles. The molecule has 0 saturated carbocycles. The number of hydrogen-bond acceptors (Lipinski definition) is 3. The van der Waals surface area contributed by atoms with Gasteiger partial charge >= 0.3 is 0 Å². The Bertz CT molecular complexity index is 350. The van der Waals surface area contributed by atoms with E-state index in [2.05, 4.69) is 0 Å². The molecule has 0 aromatic heterocycles. The van der Waals surface area contributed by atoms with Crippen molar-refractivity contribution in [2.75, 3.05) is 18.9 Å². The van der Waals surface area contributed by atoms with E-state index in [0.29, 0.717) is 24.5 Å². The normalized spacial score (nSPS) is 22.9. The van der Waals surface area contributed by atoms with Crippen molar-refractivity contribution >= 4 is 5.69 Å². The van der Waals surface area contributed by atoms with E-state index in [-0.39, 0.29) is 11.7 Å². The first-order valence-electron chi connectivity index (χ1n) is 4.99. The Labute approximate surface area is 87.7 Å². The van der Waals surface area contributed by atoms with Gasteiger partial charge in [-0.1, -0.05) is 0 Å². The van der Waals surface area contributed by atoms with Gasteiger partial charge in [0.05, 0.1) is 12.7 Å². The van der Waals surface area contributed by atoms with E-state index in [1.807, 2.05) is 0 Å². The summed E-state index contributed by atoms with van der Waals surface area (Å²) in [4.78, 5) is 0. The first-order chi connectivity index (χ1) is 7.18. The van der Waals surface area contributed by atoms with Gasteiger partial charge in [0.25, 0.3) is 0 Å². The van der Waals surface area contributed by atoms with Gasteiger partial charge in [-0.05, 0) is 24.6 Å².